The van der Waals surface area contributed by atoms with Crippen LogP contribution in [0, 0.1) is 0 Å². The molecular formula is C8H8BrF2NO. The van der Waals surface area contributed by atoms with Gasteiger partial charge in [-0.3, -0.25) is 0 Å². The SMILES string of the molecule is COc1nc(C(F)F)ccc1CBr. The maximum absolute atomic E-state index is 12.2. The molecule has 0 aliphatic carbocycles. The standard InChI is InChI=1S/C8H8BrF2NO/c1-13-8-5(4-9)2-3-6(12-8)7(10)11/h2-3,7H,4H2,1H3. The Bertz CT molecular complexity index is 293. The van der Waals surface area contributed by atoms with E-state index in [4.69, 9.17) is 4.74 Å². The van der Waals surface area contributed by atoms with Crippen LogP contribution in [0.3, 0.4) is 0 Å². The summed E-state index contributed by atoms with van der Waals surface area (Å²) in [5.74, 6) is 0.245. The molecule has 0 aliphatic heterocycles. The predicted molar refractivity (Wildman–Crippen MR) is 48.4 cm³/mol. The highest BCUT2D eigenvalue weighted by molar-refractivity contribution is 9.08. The molecule has 1 aromatic rings. The summed E-state index contributed by atoms with van der Waals surface area (Å²) in [4.78, 5) is 3.66. The number of halogens is 3. The van der Waals surface area contributed by atoms with Crippen molar-refractivity contribution >= 4 is 15.9 Å². The molecule has 0 atom stereocenters. The van der Waals surface area contributed by atoms with Crippen molar-refractivity contribution in [2.24, 2.45) is 0 Å². The minimum atomic E-state index is -2.56. The summed E-state index contributed by atoms with van der Waals surface area (Å²) in [5.41, 5.74) is 0.494. The monoisotopic (exact) mass is 251 g/mol. The summed E-state index contributed by atoms with van der Waals surface area (Å²) in [6, 6.07) is 2.87. The zero-order valence-corrected chi connectivity index (χ0v) is 8.51. The Labute approximate surface area is 83.1 Å². The molecule has 1 rings (SSSR count). The summed E-state index contributed by atoms with van der Waals surface area (Å²) < 4.78 is 29.2. The summed E-state index contributed by atoms with van der Waals surface area (Å²) in [6.45, 7) is 0. The Morgan fingerprint density at radius 2 is 2.23 bits per heavy atom. The molecule has 0 N–H and O–H groups in total. The lowest BCUT2D eigenvalue weighted by atomic mass is 10.2. The Morgan fingerprint density at radius 3 is 2.69 bits per heavy atom. The molecule has 0 unspecified atom stereocenters. The fourth-order valence-corrected chi connectivity index (χ4v) is 1.31. The van der Waals surface area contributed by atoms with Gasteiger partial charge in [-0.1, -0.05) is 22.0 Å². The van der Waals surface area contributed by atoms with Crippen LogP contribution in [-0.2, 0) is 5.33 Å². The van der Waals surface area contributed by atoms with Crippen molar-refractivity contribution in [3.8, 4) is 5.88 Å². The fourth-order valence-electron chi connectivity index (χ4n) is 0.884. The second-order valence-corrected chi connectivity index (χ2v) is 2.90. The lowest BCUT2D eigenvalue weighted by molar-refractivity contribution is 0.145. The molecule has 2 nitrogen and oxygen atoms in total. The van der Waals surface area contributed by atoms with Crippen LogP contribution in [-0.4, -0.2) is 12.1 Å². The maximum Gasteiger partial charge on any atom is 0.280 e. The van der Waals surface area contributed by atoms with Crippen LogP contribution < -0.4 is 4.74 Å². The minimum Gasteiger partial charge on any atom is -0.481 e. The van der Waals surface area contributed by atoms with E-state index in [9.17, 15) is 8.78 Å². The normalized spacial score (nSPS) is 10.5. The number of nitrogens with zero attached hydrogens (tertiary/aromatic N) is 1. The van der Waals surface area contributed by atoms with Crippen molar-refractivity contribution in [2.45, 2.75) is 11.8 Å². The molecule has 5 heteroatoms. The van der Waals surface area contributed by atoms with Crippen LogP contribution in [0.15, 0.2) is 12.1 Å². The van der Waals surface area contributed by atoms with Gasteiger partial charge in [-0.25, -0.2) is 13.8 Å². The zero-order chi connectivity index (χ0) is 9.84. The summed E-state index contributed by atoms with van der Waals surface area (Å²) in [5, 5.41) is 0.534. The van der Waals surface area contributed by atoms with Gasteiger partial charge in [-0.15, -0.1) is 0 Å². The quantitative estimate of drug-likeness (QED) is 0.771. The zero-order valence-electron chi connectivity index (χ0n) is 6.93. The third kappa shape index (κ3) is 2.37. The van der Waals surface area contributed by atoms with Gasteiger partial charge >= 0.3 is 0 Å². The van der Waals surface area contributed by atoms with Crippen LogP contribution >= 0.6 is 15.9 Å². The Morgan fingerprint density at radius 1 is 1.54 bits per heavy atom. The van der Waals surface area contributed by atoms with E-state index >= 15 is 0 Å². The van der Waals surface area contributed by atoms with Gasteiger partial charge < -0.3 is 4.74 Å². The summed E-state index contributed by atoms with van der Waals surface area (Å²) in [7, 11) is 1.41. The van der Waals surface area contributed by atoms with Gasteiger partial charge in [0.25, 0.3) is 6.43 Å². The van der Waals surface area contributed by atoms with E-state index in [0.717, 1.165) is 5.56 Å². The molecule has 0 radical (unpaired) electrons. The number of pyridine rings is 1. The van der Waals surface area contributed by atoms with Gasteiger partial charge in [0.15, 0.2) is 0 Å². The average Bonchev–Trinajstić information content (AvgIpc) is 2.16. The van der Waals surface area contributed by atoms with Gasteiger partial charge in [-0.2, -0.15) is 0 Å². The van der Waals surface area contributed by atoms with Crippen LogP contribution in [0.2, 0.25) is 0 Å². The topological polar surface area (TPSA) is 22.1 Å². The smallest absolute Gasteiger partial charge is 0.280 e. The highest BCUT2D eigenvalue weighted by Gasteiger charge is 2.12. The lowest BCUT2D eigenvalue weighted by Gasteiger charge is -2.06. The van der Waals surface area contributed by atoms with Crippen molar-refractivity contribution in [1.29, 1.82) is 0 Å². The first-order valence-corrected chi connectivity index (χ1v) is 4.69. The van der Waals surface area contributed by atoms with E-state index in [-0.39, 0.29) is 11.6 Å². The fraction of sp³-hybridized carbons (Fsp3) is 0.375. The van der Waals surface area contributed by atoms with E-state index in [2.05, 4.69) is 20.9 Å². The van der Waals surface area contributed by atoms with Crippen molar-refractivity contribution < 1.29 is 13.5 Å². The molecule has 72 valence electrons. The van der Waals surface area contributed by atoms with Crippen molar-refractivity contribution in [2.75, 3.05) is 7.11 Å². The van der Waals surface area contributed by atoms with Crippen molar-refractivity contribution in [1.82, 2.24) is 4.98 Å². The predicted octanol–water partition coefficient (Wildman–Crippen LogP) is 2.92. The molecule has 13 heavy (non-hydrogen) atoms. The molecule has 1 aromatic heterocycles. The first-order chi connectivity index (χ1) is 6.19. The molecule has 0 bridgehead atoms. The number of methoxy groups -OCH3 is 1. The number of hydrogen-bond acceptors (Lipinski definition) is 2. The van der Waals surface area contributed by atoms with Crippen LogP contribution in [0.25, 0.3) is 0 Å². The number of rotatable bonds is 3. The highest BCUT2D eigenvalue weighted by Crippen LogP contribution is 2.23. The molecule has 0 amide bonds. The molecule has 0 fully saturated rings. The van der Waals surface area contributed by atoms with Crippen LogP contribution in [0.4, 0.5) is 8.78 Å². The highest BCUT2D eigenvalue weighted by atomic mass is 79.9. The van der Waals surface area contributed by atoms with Gasteiger partial charge in [0.05, 0.1) is 7.11 Å². The Hall–Kier alpha value is -0.710. The average molecular weight is 252 g/mol. The molecule has 0 saturated carbocycles. The van der Waals surface area contributed by atoms with E-state index in [1.165, 1.54) is 13.2 Å². The lowest BCUT2D eigenvalue weighted by Crippen LogP contribution is -1.97. The third-order valence-corrected chi connectivity index (χ3v) is 2.13. The Kier molecular flexibility index (Phi) is 3.59. The second-order valence-electron chi connectivity index (χ2n) is 2.34. The molecular weight excluding hydrogens is 244 g/mol. The van der Waals surface area contributed by atoms with Crippen molar-refractivity contribution in [3.63, 3.8) is 0 Å². The number of ether oxygens (including phenoxy) is 1. The van der Waals surface area contributed by atoms with Crippen LogP contribution in [0.1, 0.15) is 17.7 Å². The van der Waals surface area contributed by atoms with Gasteiger partial charge in [0.1, 0.15) is 5.69 Å². The first-order valence-electron chi connectivity index (χ1n) is 3.57. The summed E-state index contributed by atoms with van der Waals surface area (Å²) in [6.07, 6.45) is -2.56. The van der Waals surface area contributed by atoms with Gasteiger partial charge in [0.2, 0.25) is 5.88 Å². The summed E-state index contributed by atoms with van der Waals surface area (Å²) >= 11 is 3.20. The van der Waals surface area contributed by atoms with Gasteiger partial charge in [0, 0.05) is 10.9 Å². The van der Waals surface area contributed by atoms with E-state index in [1.54, 1.807) is 6.07 Å². The van der Waals surface area contributed by atoms with E-state index in [0.29, 0.717) is 5.33 Å². The largest absolute Gasteiger partial charge is 0.481 e. The van der Waals surface area contributed by atoms with Crippen LogP contribution in [0.5, 0.6) is 5.88 Å². The molecule has 0 aliphatic rings. The van der Waals surface area contributed by atoms with Gasteiger partial charge in [-0.05, 0) is 6.07 Å². The van der Waals surface area contributed by atoms with E-state index < -0.39 is 6.43 Å². The Balaban J connectivity index is 3.05. The molecule has 1 heterocycles. The molecule has 0 aromatic carbocycles. The maximum atomic E-state index is 12.2. The molecule has 0 spiro atoms. The van der Waals surface area contributed by atoms with E-state index in [1.807, 2.05) is 0 Å². The molecule has 0 saturated heterocycles. The number of hydrogen-bond donors (Lipinski definition) is 0. The first kappa shape index (κ1) is 10.4. The minimum absolute atomic E-state index is 0.245. The second kappa shape index (κ2) is 4.50. The number of alkyl halides is 3. The number of aromatic nitrogens is 1. The van der Waals surface area contributed by atoms with Crippen molar-refractivity contribution in [3.05, 3.63) is 23.4 Å². The third-order valence-electron chi connectivity index (χ3n) is 1.52.